The van der Waals surface area contributed by atoms with E-state index in [2.05, 4.69) is 6.92 Å². The van der Waals surface area contributed by atoms with Crippen molar-refractivity contribution in [2.75, 3.05) is 26.2 Å². The molecule has 2 aliphatic rings. The lowest BCUT2D eigenvalue weighted by Crippen LogP contribution is -2.71. The van der Waals surface area contributed by atoms with E-state index < -0.39 is 18.3 Å². The molecule has 3 rings (SSSR count). The fourth-order valence-electron chi connectivity index (χ4n) is 4.45. The molecule has 0 spiro atoms. The van der Waals surface area contributed by atoms with Crippen molar-refractivity contribution in [2.24, 2.45) is 5.73 Å². The number of benzene rings is 1. The Hall–Kier alpha value is -2.87. The van der Waals surface area contributed by atoms with Gasteiger partial charge in [0, 0.05) is 19.5 Å². The van der Waals surface area contributed by atoms with E-state index in [4.69, 9.17) is 10.5 Å². The first-order chi connectivity index (χ1) is 17.1. The van der Waals surface area contributed by atoms with E-state index >= 15 is 0 Å². The van der Waals surface area contributed by atoms with Crippen molar-refractivity contribution in [3.05, 3.63) is 48.0 Å². The Morgan fingerprint density at radius 3 is 2.57 bits per heavy atom. The Balaban J connectivity index is 0.00000210. The van der Waals surface area contributed by atoms with Crippen LogP contribution in [0.1, 0.15) is 64.9 Å². The summed E-state index contributed by atoms with van der Waals surface area (Å²) in [6, 6.07) is 9.17. The van der Waals surface area contributed by atoms with Crippen molar-refractivity contribution in [3.63, 3.8) is 0 Å². The number of allylic oxidation sites excluding steroid dienone is 1. The molecule has 1 aromatic carbocycles. The summed E-state index contributed by atoms with van der Waals surface area (Å²) < 4.78 is 5.47. The highest BCUT2D eigenvalue weighted by atomic mass is 16.6. The van der Waals surface area contributed by atoms with Gasteiger partial charge in [0.2, 0.25) is 11.8 Å². The molecule has 0 aromatic heterocycles. The molecule has 2 atom stereocenters. The number of fused-ring (bicyclic) bond motifs is 1. The molecule has 3 amide bonds. The number of hydrogen-bond acceptors (Lipinski definition) is 5. The summed E-state index contributed by atoms with van der Waals surface area (Å²) in [6.07, 6.45) is 7.09. The quantitative estimate of drug-likeness (QED) is 0.400. The molecular weight excluding hydrogens is 444 g/mol. The average Bonchev–Trinajstić information content (AvgIpc) is 2.88. The lowest BCUT2D eigenvalue weighted by atomic mass is 9.98. The zero-order chi connectivity index (χ0) is 25.6. The molecule has 2 N–H and O–H groups in total. The molecule has 8 heteroatoms. The molecule has 0 radical (unpaired) electrons. The summed E-state index contributed by atoms with van der Waals surface area (Å²) in [5.41, 5.74) is 6.67. The maximum absolute atomic E-state index is 13.4. The van der Waals surface area contributed by atoms with Crippen LogP contribution in [0.15, 0.2) is 42.5 Å². The smallest absolute Gasteiger partial charge is 0.411 e. The van der Waals surface area contributed by atoms with Gasteiger partial charge in [-0.05, 0) is 37.8 Å². The molecule has 2 heterocycles. The second-order valence-corrected chi connectivity index (χ2v) is 8.57. The van der Waals surface area contributed by atoms with Crippen LogP contribution in [0.3, 0.4) is 0 Å². The molecule has 2 fully saturated rings. The third kappa shape index (κ3) is 7.82. The van der Waals surface area contributed by atoms with E-state index in [1.807, 2.05) is 56.3 Å². The minimum Gasteiger partial charge on any atom is -0.445 e. The summed E-state index contributed by atoms with van der Waals surface area (Å²) in [4.78, 5) is 44.3. The highest BCUT2D eigenvalue weighted by molar-refractivity contribution is 5.90. The van der Waals surface area contributed by atoms with Crippen LogP contribution >= 0.6 is 0 Å². The van der Waals surface area contributed by atoms with Gasteiger partial charge in [-0.25, -0.2) is 4.79 Å². The van der Waals surface area contributed by atoms with Gasteiger partial charge in [0.25, 0.3) is 0 Å². The van der Waals surface area contributed by atoms with Gasteiger partial charge in [0.05, 0.1) is 6.54 Å². The summed E-state index contributed by atoms with van der Waals surface area (Å²) >= 11 is 0. The number of rotatable bonds is 10. The zero-order valence-corrected chi connectivity index (χ0v) is 21.5. The minimum atomic E-state index is -0.591. The number of carbonyl (C=O) groups is 3. The number of carbonyl (C=O) groups excluding carboxylic acids is 3. The lowest BCUT2D eigenvalue weighted by Gasteiger charge is -2.51. The van der Waals surface area contributed by atoms with Gasteiger partial charge in [-0.2, -0.15) is 0 Å². The molecule has 0 saturated carbocycles. The van der Waals surface area contributed by atoms with Gasteiger partial charge in [0.15, 0.2) is 0 Å². The van der Waals surface area contributed by atoms with Gasteiger partial charge in [-0.1, -0.05) is 69.7 Å². The van der Waals surface area contributed by atoms with Gasteiger partial charge >= 0.3 is 6.09 Å². The van der Waals surface area contributed by atoms with E-state index in [1.54, 1.807) is 14.7 Å². The Morgan fingerprint density at radius 2 is 1.89 bits per heavy atom. The van der Waals surface area contributed by atoms with Crippen molar-refractivity contribution >= 4 is 17.9 Å². The van der Waals surface area contributed by atoms with Crippen LogP contribution in [0.2, 0.25) is 0 Å². The molecule has 35 heavy (non-hydrogen) atoms. The zero-order valence-electron chi connectivity index (χ0n) is 21.5. The van der Waals surface area contributed by atoms with Crippen molar-refractivity contribution < 1.29 is 19.1 Å². The van der Waals surface area contributed by atoms with Gasteiger partial charge < -0.3 is 20.3 Å². The maximum atomic E-state index is 13.4. The SMILES string of the molecule is CC.CCC/C=C/COC(=O)N1CCC(=O)N2C(CCCCN)C(=O)N(Cc3ccccc3)CC12. The third-order valence-corrected chi connectivity index (χ3v) is 6.16. The summed E-state index contributed by atoms with van der Waals surface area (Å²) in [5, 5.41) is 0. The average molecular weight is 487 g/mol. The third-order valence-electron chi connectivity index (χ3n) is 6.16. The molecule has 0 aliphatic carbocycles. The second-order valence-electron chi connectivity index (χ2n) is 8.57. The molecular formula is C27H42N4O4. The Labute approximate surface area is 210 Å². The first-order valence-corrected chi connectivity index (χ1v) is 13.0. The van der Waals surface area contributed by atoms with Gasteiger partial charge in [-0.3, -0.25) is 14.5 Å². The standard InChI is InChI=1S/C25H36N4O4.C2H6/c1-2-3-4-10-17-33-25(32)28-16-14-23(30)29-21(13-8-9-15-26)24(31)27(19-22(28)29)18-20-11-6-5-7-12-20;1-2/h4-7,10-12,21-22H,2-3,8-9,13-19,26H2,1H3;1-2H3/b10-4+;. The second kappa shape index (κ2) is 15.2. The number of hydrogen-bond donors (Lipinski definition) is 1. The molecule has 2 unspecified atom stereocenters. The van der Waals surface area contributed by atoms with Crippen LogP contribution < -0.4 is 5.73 Å². The minimum absolute atomic E-state index is 0.0711. The van der Waals surface area contributed by atoms with Gasteiger partial charge in [-0.15, -0.1) is 0 Å². The lowest BCUT2D eigenvalue weighted by molar-refractivity contribution is -0.168. The largest absolute Gasteiger partial charge is 0.445 e. The Morgan fingerprint density at radius 1 is 1.14 bits per heavy atom. The van der Waals surface area contributed by atoms with E-state index in [9.17, 15) is 14.4 Å². The number of unbranched alkanes of at least 4 members (excludes halogenated alkanes) is 2. The fraction of sp³-hybridized carbons (Fsp3) is 0.593. The molecule has 0 bridgehead atoms. The van der Waals surface area contributed by atoms with Crippen molar-refractivity contribution in [1.82, 2.24) is 14.7 Å². The molecule has 8 nitrogen and oxygen atoms in total. The van der Waals surface area contributed by atoms with Crippen LogP contribution in [-0.4, -0.2) is 71.1 Å². The number of ether oxygens (including phenoxy) is 1. The highest BCUT2D eigenvalue weighted by Crippen LogP contribution is 2.29. The molecule has 2 aliphatic heterocycles. The molecule has 1 aromatic rings. The fourth-order valence-corrected chi connectivity index (χ4v) is 4.45. The van der Waals surface area contributed by atoms with Crippen LogP contribution in [0.4, 0.5) is 4.79 Å². The van der Waals surface area contributed by atoms with Crippen LogP contribution in [-0.2, 0) is 20.9 Å². The number of nitrogens with two attached hydrogens (primary N) is 1. The normalized spacial score (nSPS) is 19.9. The predicted octanol–water partition coefficient (Wildman–Crippen LogP) is 3.91. The predicted molar refractivity (Wildman–Crippen MR) is 137 cm³/mol. The van der Waals surface area contributed by atoms with Crippen molar-refractivity contribution in [1.29, 1.82) is 0 Å². The van der Waals surface area contributed by atoms with E-state index in [0.717, 1.165) is 31.2 Å². The van der Waals surface area contributed by atoms with Gasteiger partial charge in [0.1, 0.15) is 18.8 Å². The van der Waals surface area contributed by atoms with E-state index in [1.165, 1.54) is 0 Å². The topological polar surface area (TPSA) is 96.2 Å². The van der Waals surface area contributed by atoms with Crippen molar-refractivity contribution in [2.45, 2.75) is 78.0 Å². The van der Waals surface area contributed by atoms with Crippen molar-refractivity contribution in [3.8, 4) is 0 Å². The van der Waals surface area contributed by atoms with E-state index in [0.29, 0.717) is 26.1 Å². The summed E-state index contributed by atoms with van der Waals surface area (Å²) in [5.74, 6) is -0.157. The Kier molecular flexibility index (Phi) is 12.3. The summed E-state index contributed by atoms with van der Waals surface area (Å²) in [6.45, 7) is 7.83. The van der Waals surface area contributed by atoms with Crippen LogP contribution in [0, 0.1) is 0 Å². The monoisotopic (exact) mass is 486 g/mol. The number of piperazine rings is 1. The Bertz CT molecular complexity index is 830. The van der Waals surface area contributed by atoms with Crippen LogP contribution in [0.25, 0.3) is 0 Å². The van der Waals surface area contributed by atoms with E-state index in [-0.39, 0.29) is 31.4 Å². The first kappa shape index (κ1) is 28.4. The summed E-state index contributed by atoms with van der Waals surface area (Å²) in [7, 11) is 0. The number of nitrogens with zero attached hydrogens (tertiary/aromatic N) is 3. The van der Waals surface area contributed by atoms with Crippen LogP contribution in [0.5, 0.6) is 0 Å². The molecule has 194 valence electrons. The maximum Gasteiger partial charge on any atom is 0.411 e. The molecule has 2 saturated heterocycles. The highest BCUT2D eigenvalue weighted by Gasteiger charge is 2.48. The number of amides is 3. The first-order valence-electron chi connectivity index (χ1n) is 13.0.